The lowest BCUT2D eigenvalue weighted by molar-refractivity contribution is -0.384. The fourth-order valence-corrected chi connectivity index (χ4v) is 3.48. The van der Waals surface area contributed by atoms with Gasteiger partial charge in [-0.3, -0.25) is 10.1 Å². The molecule has 0 aliphatic carbocycles. The van der Waals surface area contributed by atoms with Gasteiger partial charge < -0.3 is 4.42 Å². The van der Waals surface area contributed by atoms with Gasteiger partial charge in [0.15, 0.2) is 0 Å². The molecule has 128 valence electrons. The summed E-state index contributed by atoms with van der Waals surface area (Å²) in [6.07, 6.45) is 0. The Balaban J connectivity index is 1.81. The second-order valence-electron chi connectivity index (χ2n) is 5.47. The van der Waals surface area contributed by atoms with Gasteiger partial charge in [0.05, 0.1) is 16.2 Å². The number of fused-ring (bicyclic) bond motifs is 1. The van der Waals surface area contributed by atoms with Crippen LogP contribution in [-0.4, -0.2) is 9.91 Å². The zero-order valence-corrected chi connectivity index (χ0v) is 14.6. The molecule has 2 aromatic carbocycles. The van der Waals surface area contributed by atoms with E-state index in [4.69, 9.17) is 16.0 Å². The van der Waals surface area contributed by atoms with Gasteiger partial charge in [0.25, 0.3) is 5.69 Å². The summed E-state index contributed by atoms with van der Waals surface area (Å²) in [5.41, 5.74) is 1.53. The van der Waals surface area contributed by atoms with Gasteiger partial charge in [0, 0.05) is 33.5 Å². The van der Waals surface area contributed by atoms with Crippen molar-refractivity contribution in [2.24, 2.45) is 0 Å². The number of rotatable bonds is 3. The molecule has 0 radical (unpaired) electrons. The Morgan fingerprint density at radius 2 is 1.88 bits per heavy atom. The summed E-state index contributed by atoms with van der Waals surface area (Å²) in [5.74, 6) is 0. The van der Waals surface area contributed by atoms with E-state index >= 15 is 0 Å². The van der Waals surface area contributed by atoms with Crippen molar-refractivity contribution in [3.63, 3.8) is 0 Å². The molecule has 0 spiro atoms. The van der Waals surface area contributed by atoms with Gasteiger partial charge in [-0.15, -0.1) is 11.3 Å². The lowest BCUT2D eigenvalue weighted by Crippen LogP contribution is -2.02. The van der Waals surface area contributed by atoms with E-state index in [1.54, 1.807) is 18.2 Å². The first-order valence-electron chi connectivity index (χ1n) is 7.45. The van der Waals surface area contributed by atoms with E-state index in [-0.39, 0.29) is 11.3 Å². The number of nitro benzene ring substituents is 1. The topological polar surface area (TPSA) is 86.2 Å². The van der Waals surface area contributed by atoms with Crippen LogP contribution in [0.15, 0.2) is 63.1 Å². The number of hydrogen-bond donors (Lipinski definition) is 0. The Labute approximate surface area is 155 Å². The first-order valence-corrected chi connectivity index (χ1v) is 8.71. The van der Waals surface area contributed by atoms with Gasteiger partial charge in [-0.05, 0) is 24.3 Å². The minimum Gasteiger partial charge on any atom is -0.422 e. The average Bonchev–Trinajstić information content (AvgIpc) is 3.11. The Morgan fingerprint density at radius 3 is 2.62 bits per heavy atom. The van der Waals surface area contributed by atoms with Crippen molar-refractivity contribution in [3.8, 4) is 21.8 Å². The molecule has 0 saturated carbocycles. The molecule has 0 atom stereocenters. The zero-order valence-electron chi connectivity index (χ0n) is 13.0. The zero-order chi connectivity index (χ0) is 18.3. The number of benzene rings is 2. The van der Waals surface area contributed by atoms with E-state index < -0.39 is 10.5 Å². The second kappa shape index (κ2) is 6.36. The highest BCUT2D eigenvalue weighted by Gasteiger charge is 2.15. The van der Waals surface area contributed by atoms with Crippen molar-refractivity contribution in [2.75, 3.05) is 0 Å². The molecular weight excluding hydrogens is 376 g/mol. The number of nitro groups is 1. The van der Waals surface area contributed by atoms with Gasteiger partial charge in [-0.2, -0.15) is 0 Å². The fraction of sp³-hybridized carbons (Fsp3) is 0. The van der Waals surface area contributed by atoms with E-state index in [1.165, 1.54) is 29.5 Å². The molecule has 2 heterocycles. The van der Waals surface area contributed by atoms with Crippen LogP contribution in [-0.2, 0) is 0 Å². The van der Waals surface area contributed by atoms with Gasteiger partial charge in [0.2, 0.25) is 0 Å². The summed E-state index contributed by atoms with van der Waals surface area (Å²) in [6, 6.07) is 12.9. The molecule has 0 aliphatic heterocycles. The maximum atomic E-state index is 12.3. The molecule has 8 heteroatoms. The minimum atomic E-state index is -0.539. The molecule has 0 amide bonds. The quantitative estimate of drug-likeness (QED) is 0.277. The van der Waals surface area contributed by atoms with Crippen LogP contribution in [0.1, 0.15) is 0 Å². The Hall–Kier alpha value is -3.03. The molecule has 0 aliphatic rings. The smallest absolute Gasteiger partial charge is 0.346 e. The standard InChI is InChI=1S/C18H9ClN2O4S/c19-12-3-1-10(2-4-12)15-9-26-17(20-15)14-8-11-7-13(21(23)24)5-6-16(11)25-18(14)22/h1-9H. The fourth-order valence-electron chi connectivity index (χ4n) is 2.52. The van der Waals surface area contributed by atoms with Crippen LogP contribution in [0.3, 0.4) is 0 Å². The van der Waals surface area contributed by atoms with Crippen LogP contribution in [0.25, 0.3) is 32.8 Å². The van der Waals surface area contributed by atoms with Gasteiger partial charge in [-0.25, -0.2) is 9.78 Å². The monoisotopic (exact) mass is 384 g/mol. The lowest BCUT2D eigenvalue weighted by Gasteiger charge is -2.00. The minimum absolute atomic E-state index is 0.0710. The van der Waals surface area contributed by atoms with Crippen LogP contribution in [0.5, 0.6) is 0 Å². The van der Waals surface area contributed by atoms with E-state index in [0.29, 0.717) is 26.7 Å². The predicted octanol–water partition coefficient (Wildman–Crippen LogP) is 5.15. The summed E-state index contributed by atoms with van der Waals surface area (Å²) in [7, 11) is 0. The normalized spacial score (nSPS) is 11.0. The molecule has 0 fully saturated rings. The van der Waals surface area contributed by atoms with Crippen molar-refractivity contribution in [3.05, 3.63) is 79.5 Å². The van der Waals surface area contributed by atoms with Crippen molar-refractivity contribution >= 4 is 39.6 Å². The third kappa shape index (κ3) is 2.98. The van der Waals surface area contributed by atoms with E-state index in [9.17, 15) is 14.9 Å². The van der Waals surface area contributed by atoms with Crippen molar-refractivity contribution in [2.45, 2.75) is 0 Å². The van der Waals surface area contributed by atoms with Crippen LogP contribution in [0, 0.1) is 10.1 Å². The van der Waals surface area contributed by atoms with Crippen molar-refractivity contribution < 1.29 is 9.34 Å². The number of thiazole rings is 1. The van der Waals surface area contributed by atoms with Gasteiger partial charge in [0.1, 0.15) is 10.6 Å². The maximum absolute atomic E-state index is 12.3. The summed E-state index contributed by atoms with van der Waals surface area (Å²) in [4.78, 5) is 27.2. The number of aromatic nitrogens is 1. The highest BCUT2D eigenvalue weighted by Crippen LogP contribution is 2.30. The number of nitrogens with zero attached hydrogens (tertiary/aromatic N) is 2. The van der Waals surface area contributed by atoms with Gasteiger partial charge in [-0.1, -0.05) is 23.7 Å². The van der Waals surface area contributed by atoms with E-state index in [1.807, 2.05) is 17.5 Å². The lowest BCUT2D eigenvalue weighted by atomic mass is 10.1. The molecule has 0 saturated heterocycles. The molecule has 6 nitrogen and oxygen atoms in total. The molecule has 0 bridgehead atoms. The summed E-state index contributed by atoms with van der Waals surface area (Å²) in [6.45, 7) is 0. The first-order chi connectivity index (χ1) is 12.5. The highest BCUT2D eigenvalue weighted by molar-refractivity contribution is 7.13. The first kappa shape index (κ1) is 16.4. The predicted molar refractivity (Wildman–Crippen MR) is 101 cm³/mol. The molecule has 0 unspecified atom stereocenters. The Morgan fingerprint density at radius 1 is 1.12 bits per heavy atom. The van der Waals surface area contributed by atoms with Gasteiger partial charge >= 0.3 is 5.63 Å². The average molecular weight is 385 g/mol. The maximum Gasteiger partial charge on any atom is 0.346 e. The summed E-state index contributed by atoms with van der Waals surface area (Å²) >= 11 is 7.19. The molecule has 0 N–H and O–H groups in total. The van der Waals surface area contributed by atoms with E-state index in [2.05, 4.69) is 4.98 Å². The molecule has 4 aromatic rings. The number of halogens is 1. The molecular formula is C18H9ClN2O4S. The largest absolute Gasteiger partial charge is 0.422 e. The summed E-state index contributed by atoms with van der Waals surface area (Å²) in [5, 5.41) is 14.4. The van der Waals surface area contributed by atoms with Crippen LogP contribution in [0.4, 0.5) is 5.69 Å². The van der Waals surface area contributed by atoms with Crippen LogP contribution < -0.4 is 5.63 Å². The molecule has 26 heavy (non-hydrogen) atoms. The highest BCUT2D eigenvalue weighted by atomic mass is 35.5. The second-order valence-corrected chi connectivity index (χ2v) is 6.77. The number of non-ortho nitro benzene ring substituents is 1. The third-order valence-electron chi connectivity index (χ3n) is 3.80. The summed E-state index contributed by atoms with van der Waals surface area (Å²) < 4.78 is 5.28. The number of hydrogen-bond acceptors (Lipinski definition) is 6. The third-order valence-corrected chi connectivity index (χ3v) is 4.93. The molecule has 4 rings (SSSR count). The van der Waals surface area contributed by atoms with Crippen molar-refractivity contribution in [1.29, 1.82) is 0 Å². The van der Waals surface area contributed by atoms with Crippen LogP contribution in [0.2, 0.25) is 5.02 Å². The Kier molecular flexibility index (Phi) is 4.02. The van der Waals surface area contributed by atoms with E-state index in [0.717, 1.165) is 5.56 Å². The molecule has 2 aromatic heterocycles. The van der Waals surface area contributed by atoms with Crippen molar-refractivity contribution in [1.82, 2.24) is 4.98 Å². The Bertz CT molecular complexity index is 1200. The van der Waals surface area contributed by atoms with Crippen LogP contribution >= 0.6 is 22.9 Å². The SMILES string of the molecule is O=c1oc2ccc([N+](=O)[O-])cc2cc1-c1nc(-c2ccc(Cl)cc2)cs1.